The lowest BCUT2D eigenvalue weighted by atomic mass is 9.75. The van der Waals surface area contributed by atoms with Crippen molar-refractivity contribution < 1.29 is 4.79 Å². The number of piperidine rings is 1. The summed E-state index contributed by atoms with van der Waals surface area (Å²) >= 11 is 0. The second kappa shape index (κ2) is 6.82. The van der Waals surface area contributed by atoms with Crippen LogP contribution in [0, 0.1) is 11.8 Å². The molecule has 4 rings (SSSR count). The third-order valence-corrected chi connectivity index (χ3v) is 5.91. The summed E-state index contributed by atoms with van der Waals surface area (Å²) in [5.74, 6) is 1.33. The van der Waals surface area contributed by atoms with E-state index >= 15 is 0 Å². The molecule has 24 heavy (non-hydrogen) atoms. The monoisotopic (exact) mass is 331 g/mol. The zero-order chi connectivity index (χ0) is 16.5. The standard InChI is InChI=1S/C18H29N5O/c1-14-10-15(11-14)18(24)22-8-5-9-23-17(13-22)16(19-20-23)12-21-6-3-2-4-7-21/h14-15H,2-13H2,1H3. The summed E-state index contributed by atoms with van der Waals surface area (Å²) in [6.45, 7) is 7.88. The molecule has 1 amide bonds. The number of amides is 1. The van der Waals surface area contributed by atoms with Crippen LogP contribution in [0.4, 0.5) is 0 Å². The van der Waals surface area contributed by atoms with Crippen molar-refractivity contribution in [3.8, 4) is 0 Å². The van der Waals surface area contributed by atoms with Gasteiger partial charge in [0.15, 0.2) is 0 Å². The molecule has 0 unspecified atom stereocenters. The van der Waals surface area contributed by atoms with Gasteiger partial charge in [-0.1, -0.05) is 18.6 Å². The minimum atomic E-state index is 0.257. The molecule has 1 aromatic rings. The molecule has 6 nitrogen and oxygen atoms in total. The number of fused-ring (bicyclic) bond motifs is 1. The van der Waals surface area contributed by atoms with Crippen LogP contribution in [0.25, 0.3) is 0 Å². The van der Waals surface area contributed by atoms with Crippen molar-refractivity contribution >= 4 is 5.91 Å². The first kappa shape index (κ1) is 16.1. The Bertz CT molecular complexity index is 586. The number of carbonyl (C=O) groups is 1. The van der Waals surface area contributed by atoms with Crippen LogP contribution in [0.1, 0.15) is 56.8 Å². The van der Waals surface area contributed by atoms with Crippen molar-refractivity contribution in [3.05, 3.63) is 11.4 Å². The van der Waals surface area contributed by atoms with Crippen LogP contribution >= 0.6 is 0 Å². The molecular weight excluding hydrogens is 302 g/mol. The van der Waals surface area contributed by atoms with E-state index in [1.807, 2.05) is 4.68 Å². The Morgan fingerprint density at radius 2 is 1.88 bits per heavy atom. The maximum atomic E-state index is 12.8. The summed E-state index contributed by atoms with van der Waals surface area (Å²) in [4.78, 5) is 17.3. The van der Waals surface area contributed by atoms with Crippen LogP contribution in [0.15, 0.2) is 0 Å². The fourth-order valence-corrected chi connectivity index (χ4v) is 4.39. The molecule has 0 spiro atoms. The van der Waals surface area contributed by atoms with Gasteiger partial charge < -0.3 is 4.90 Å². The summed E-state index contributed by atoms with van der Waals surface area (Å²) in [6, 6.07) is 0. The zero-order valence-electron chi connectivity index (χ0n) is 14.8. The molecule has 6 heteroatoms. The van der Waals surface area contributed by atoms with E-state index in [0.717, 1.165) is 57.7 Å². The van der Waals surface area contributed by atoms with Gasteiger partial charge in [-0.2, -0.15) is 0 Å². The molecule has 1 aliphatic carbocycles. The first-order valence-corrected chi connectivity index (χ1v) is 9.63. The topological polar surface area (TPSA) is 54.3 Å². The van der Waals surface area contributed by atoms with Gasteiger partial charge in [-0.15, -0.1) is 5.10 Å². The largest absolute Gasteiger partial charge is 0.336 e. The Morgan fingerprint density at radius 3 is 2.62 bits per heavy atom. The lowest BCUT2D eigenvalue weighted by Crippen LogP contribution is -2.41. The lowest BCUT2D eigenvalue weighted by Gasteiger charge is -2.35. The average molecular weight is 331 g/mol. The van der Waals surface area contributed by atoms with Crippen LogP contribution < -0.4 is 0 Å². The molecule has 1 saturated heterocycles. The minimum absolute atomic E-state index is 0.257. The quantitative estimate of drug-likeness (QED) is 0.850. The highest BCUT2D eigenvalue weighted by molar-refractivity contribution is 5.79. The Hall–Kier alpha value is -1.43. The number of nitrogens with zero attached hydrogens (tertiary/aromatic N) is 5. The van der Waals surface area contributed by atoms with Crippen molar-refractivity contribution in [2.24, 2.45) is 11.8 Å². The zero-order valence-corrected chi connectivity index (χ0v) is 14.8. The Morgan fingerprint density at radius 1 is 1.08 bits per heavy atom. The maximum absolute atomic E-state index is 12.8. The van der Waals surface area contributed by atoms with Gasteiger partial charge in [-0.05, 0) is 51.1 Å². The smallest absolute Gasteiger partial charge is 0.226 e. The third-order valence-electron chi connectivity index (χ3n) is 5.91. The highest BCUT2D eigenvalue weighted by Crippen LogP contribution is 2.35. The van der Waals surface area contributed by atoms with Crippen molar-refractivity contribution in [3.63, 3.8) is 0 Å². The van der Waals surface area contributed by atoms with Gasteiger partial charge in [-0.3, -0.25) is 9.69 Å². The number of carbonyl (C=O) groups excluding carboxylic acids is 1. The number of aryl methyl sites for hydroxylation is 1. The molecule has 3 heterocycles. The molecule has 0 bridgehead atoms. The van der Waals surface area contributed by atoms with Crippen molar-refractivity contribution in [2.45, 2.75) is 65.1 Å². The molecule has 0 N–H and O–H groups in total. The van der Waals surface area contributed by atoms with Gasteiger partial charge in [0.2, 0.25) is 5.91 Å². The van der Waals surface area contributed by atoms with Gasteiger partial charge in [-0.25, -0.2) is 4.68 Å². The van der Waals surface area contributed by atoms with Gasteiger partial charge >= 0.3 is 0 Å². The SMILES string of the molecule is CC1CC(C(=O)N2CCCn3nnc(CN4CCCCC4)c3C2)C1. The second-order valence-electron chi connectivity index (χ2n) is 7.93. The number of aromatic nitrogens is 3. The van der Waals surface area contributed by atoms with E-state index in [1.165, 1.54) is 25.0 Å². The van der Waals surface area contributed by atoms with Crippen molar-refractivity contribution in [2.75, 3.05) is 19.6 Å². The number of rotatable bonds is 3. The van der Waals surface area contributed by atoms with E-state index in [0.29, 0.717) is 18.4 Å². The molecular formula is C18H29N5O. The van der Waals surface area contributed by atoms with Gasteiger partial charge in [0.1, 0.15) is 5.69 Å². The van der Waals surface area contributed by atoms with E-state index in [2.05, 4.69) is 27.0 Å². The second-order valence-corrected chi connectivity index (χ2v) is 7.93. The Balaban J connectivity index is 1.46. The van der Waals surface area contributed by atoms with Crippen LogP contribution in [-0.2, 0) is 24.4 Å². The predicted octanol–water partition coefficient (Wildman–Crippen LogP) is 2.04. The minimum Gasteiger partial charge on any atom is -0.336 e. The van der Waals surface area contributed by atoms with Crippen molar-refractivity contribution in [1.29, 1.82) is 0 Å². The first-order valence-electron chi connectivity index (χ1n) is 9.63. The average Bonchev–Trinajstić information content (AvgIpc) is 2.81. The van der Waals surface area contributed by atoms with Gasteiger partial charge in [0.05, 0.1) is 12.2 Å². The molecule has 0 aromatic carbocycles. The van der Waals surface area contributed by atoms with E-state index in [1.54, 1.807) is 0 Å². The molecule has 0 atom stereocenters. The Labute approximate surface area is 144 Å². The molecule has 2 fully saturated rings. The lowest BCUT2D eigenvalue weighted by molar-refractivity contribution is -0.140. The van der Waals surface area contributed by atoms with Crippen molar-refractivity contribution in [1.82, 2.24) is 24.8 Å². The summed E-state index contributed by atoms with van der Waals surface area (Å²) < 4.78 is 2.04. The maximum Gasteiger partial charge on any atom is 0.226 e. The first-order chi connectivity index (χ1) is 11.7. The number of hydrogen-bond donors (Lipinski definition) is 0. The fraction of sp³-hybridized carbons (Fsp3) is 0.833. The molecule has 2 aliphatic heterocycles. The highest BCUT2D eigenvalue weighted by atomic mass is 16.2. The predicted molar refractivity (Wildman–Crippen MR) is 91.1 cm³/mol. The van der Waals surface area contributed by atoms with E-state index in [4.69, 9.17) is 0 Å². The van der Waals surface area contributed by atoms with Gasteiger partial charge in [0, 0.05) is 25.6 Å². The Kier molecular flexibility index (Phi) is 4.57. The molecule has 1 saturated carbocycles. The number of hydrogen-bond acceptors (Lipinski definition) is 4. The van der Waals surface area contributed by atoms with E-state index in [9.17, 15) is 4.79 Å². The van der Waals surface area contributed by atoms with Crippen LogP contribution in [-0.4, -0.2) is 50.3 Å². The molecule has 1 aromatic heterocycles. The summed E-state index contributed by atoms with van der Waals surface area (Å²) in [7, 11) is 0. The molecule has 132 valence electrons. The van der Waals surface area contributed by atoms with Gasteiger partial charge in [0.25, 0.3) is 0 Å². The summed E-state index contributed by atoms with van der Waals surface area (Å²) in [5.41, 5.74) is 2.25. The summed E-state index contributed by atoms with van der Waals surface area (Å²) in [5, 5.41) is 8.82. The molecule has 3 aliphatic rings. The highest BCUT2D eigenvalue weighted by Gasteiger charge is 2.35. The fourth-order valence-electron chi connectivity index (χ4n) is 4.39. The normalized spacial score (nSPS) is 28.1. The third kappa shape index (κ3) is 3.21. The number of likely N-dealkylation sites (tertiary alicyclic amines) is 1. The van der Waals surface area contributed by atoms with Crippen LogP contribution in [0.2, 0.25) is 0 Å². The van der Waals surface area contributed by atoms with Crippen LogP contribution in [0.3, 0.4) is 0 Å². The van der Waals surface area contributed by atoms with E-state index < -0.39 is 0 Å². The van der Waals surface area contributed by atoms with E-state index in [-0.39, 0.29) is 5.92 Å². The summed E-state index contributed by atoms with van der Waals surface area (Å²) in [6.07, 6.45) is 7.02. The van der Waals surface area contributed by atoms with Crippen LogP contribution in [0.5, 0.6) is 0 Å². The molecule has 0 radical (unpaired) electrons.